The molecule has 0 aliphatic heterocycles. The lowest BCUT2D eigenvalue weighted by Crippen LogP contribution is -2.50. The minimum absolute atomic E-state index is 0.143. The molecule has 0 atom stereocenters. The minimum atomic E-state index is -1.22. The summed E-state index contributed by atoms with van der Waals surface area (Å²) in [6.07, 6.45) is 0.344. The van der Waals surface area contributed by atoms with Gasteiger partial charge in [0.2, 0.25) is 5.79 Å². The maximum Gasteiger partial charge on any atom is 0.231 e. The van der Waals surface area contributed by atoms with Crippen molar-refractivity contribution in [1.29, 1.82) is 5.41 Å². The molecule has 0 saturated heterocycles. The summed E-state index contributed by atoms with van der Waals surface area (Å²) in [5, 5.41) is 8.34. The minimum Gasteiger partial charge on any atom is -0.383 e. The summed E-state index contributed by atoms with van der Waals surface area (Å²) in [5.41, 5.74) is 6.54. The molecule has 0 aliphatic carbocycles. The lowest BCUT2D eigenvalue weighted by Gasteiger charge is -2.32. The smallest absolute Gasteiger partial charge is 0.231 e. The molecule has 0 spiro atoms. The van der Waals surface area contributed by atoms with Crippen LogP contribution in [0.25, 0.3) is 0 Å². The number of benzene rings is 1. The van der Waals surface area contributed by atoms with Crippen LogP contribution in [0.5, 0.6) is 0 Å². The van der Waals surface area contributed by atoms with Gasteiger partial charge in [-0.3, -0.25) is 5.41 Å². The molecular formula is C13H18BrClN2O2. The number of rotatable bonds is 7. The molecule has 0 radical (unpaired) electrons. The number of nitrogens with one attached hydrogen (secondary N) is 1. The number of amidine groups is 1. The first kappa shape index (κ1) is 16.4. The maximum absolute atomic E-state index is 7.74. The van der Waals surface area contributed by atoms with Gasteiger partial charge >= 0.3 is 0 Å². The molecule has 0 fully saturated rings. The second-order valence-electron chi connectivity index (χ2n) is 3.96. The van der Waals surface area contributed by atoms with Gasteiger partial charge in [0, 0.05) is 24.1 Å². The van der Waals surface area contributed by atoms with E-state index < -0.39 is 5.79 Å². The summed E-state index contributed by atoms with van der Waals surface area (Å²) < 4.78 is 12.0. The van der Waals surface area contributed by atoms with E-state index in [1.54, 1.807) is 6.07 Å². The van der Waals surface area contributed by atoms with Crippen LogP contribution < -0.4 is 5.73 Å². The predicted molar refractivity (Wildman–Crippen MR) is 80.8 cm³/mol. The highest BCUT2D eigenvalue weighted by Gasteiger charge is 2.35. The zero-order valence-electron chi connectivity index (χ0n) is 11.0. The van der Waals surface area contributed by atoms with Gasteiger partial charge in [0.15, 0.2) is 5.84 Å². The molecule has 0 amide bonds. The second kappa shape index (κ2) is 7.24. The molecule has 4 nitrogen and oxygen atoms in total. The van der Waals surface area contributed by atoms with Crippen LogP contribution in [-0.2, 0) is 15.9 Å². The average molecular weight is 350 g/mol. The van der Waals surface area contributed by atoms with Crippen molar-refractivity contribution in [2.75, 3.05) is 13.2 Å². The van der Waals surface area contributed by atoms with Gasteiger partial charge in [0.1, 0.15) is 0 Å². The molecule has 0 aromatic heterocycles. The van der Waals surface area contributed by atoms with E-state index >= 15 is 0 Å². The van der Waals surface area contributed by atoms with Gasteiger partial charge in [-0.25, -0.2) is 0 Å². The zero-order valence-corrected chi connectivity index (χ0v) is 13.3. The Morgan fingerprint density at radius 3 is 2.37 bits per heavy atom. The molecule has 106 valence electrons. The highest BCUT2D eigenvalue weighted by atomic mass is 79.9. The highest BCUT2D eigenvalue weighted by Crippen LogP contribution is 2.27. The number of nitrogens with two attached hydrogens (primary N) is 1. The Morgan fingerprint density at radius 1 is 1.37 bits per heavy atom. The van der Waals surface area contributed by atoms with Gasteiger partial charge in [0.05, 0.1) is 5.02 Å². The van der Waals surface area contributed by atoms with Crippen molar-refractivity contribution in [2.45, 2.75) is 26.1 Å². The molecule has 6 heteroatoms. The van der Waals surface area contributed by atoms with Gasteiger partial charge < -0.3 is 15.2 Å². The molecule has 3 N–H and O–H groups in total. The Hall–Kier alpha value is -0.620. The van der Waals surface area contributed by atoms with Crippen molar-refractivity contribution < 1.29 is 9.47 Å². The van der Waals surface area contributed by atoms with Gasteiger partial charge in [-0.05, 0) is 47.5 Å². The molecule has 1 aromatic carbocycles. The Kier molecular flexibility index (Phi) is 6.26. The molecule has 19 heavy (non-hydrogen) atoms. The molecular weight excluding hydrogens is 332 g/mol. The van der Waals surface area contributed by atoms with E-state index in [1.165, 1.54) is 0 Å². The molecule has 1 rings (SSSR count). The van der Waals surface area contributed by atoms with E-state index in [9.17, 15) is 0 Å². The molecule has 1 aromatic rings. The Morgan fingerprint density at radius 2 is 1.95 bits per heavy atom. The number of ether oxygens (including phenoxy) is 2. The number of hydrogen-bond acceptors (Lipinski definition) is 3. The third-order valence-corrected chi connectivity index (χ3v) is 3.82. The van der Waals surface area contributed by atoms with Gasteiger partial charge in [-0.1, -0.05) is 17.7 Å². The highest BCUT2D eigenvalue weighted by molar-refractivity contribution is 9.10. The van der Waals surface area contributed by atoms with Crippen molar-refractivity contribution >= 4 is 33.4 Å². The first-order chi connectivity index (χ1) is 8.95. The molecule has 0 aliphatic rings. The van der Waals surface area contributed by atoms with Crippen molar-refractivity contribution in [1.82, 2.24) is 0 Å². The van der Waals surface area contributed by atoms with Crippen LogP contribution in [0.4, 0.5) is 0 Å². The number of halogens is 2. The SMILES string of the molecule is CCOC(Cc1ccc(Br)c(Cl)c1)(OCC)C(=N)N. The van der Waals surface area contributed by atoms with E-state index in [0.717, 1.165) is 10.0 Å². The van der Waals surface area contributed by atoms with E-state index in [1.807, 2.05) is 26.0 Å². The van der Waals surface area contributed by atoms with Crippen molar-refractivity contribution in [2.24, 2.45) is 5.73 Å². The fourth-order valence-electron chi connectivity index (χ4n) is 1.78. The summed E-state index contributed by atoms with van der Waals surface area (Å²) in [7, 11) is 0. The third kappa shape index (κ3) is 4.18. The second-order valence-corrected chi connectivity index (χ2v) is 5.22. The average Bonchev–Trinajstić information content (AvgIpc) is 2.34. The van der Waals surface area contributed by atoms with Crippen LogP contribution in [0.1, 0.15) is 19.4 Å². The van der Waals surface area contributed by atoms with Crippen molar-refractivity contribution in [3.8, 4) is 0 Å². The molecule has 0 heterocycles. The monoisotopic (exact) mass is 348 g/mol. The normalized spacial score (nSPS) is 11.6. The van der Waals surface area contributed by atoms with Crippen LogP contribution in [0, 0.1) is 5.41 Å². The largest absolute Gasteiger partial charge is 0.383 e. The topological polar surface area (TPSA) is 68.3 Å². The third-order valence-electron chi connectivity index (χ3n) is 2.59. The molecule has 0 bridgehead atoms. The van der Waals surface area contributed by atoms with Gasteiger partial charge in [0.25, 0.3) is 0 Å². The summed E-state index contributed by atoms with van der Waals surface area (Å²) in [5.74, 6) is -1.36. The predicted octanol–water partition coefficient (Wildman–Crippen LogP) is 3.35. The number of hydrogen-bond donors (Lipinski definition) is 2. The lowest BCUT2D eigenvalue weighted by atomic mass is 10.0. The van der Waals surface area contributed by atoms with E-state index in [0.29, 0.717) is 24.7 Å². The van der Waals surface area contributed by atoms with Crippen LogP contribution in [0.15, 0.2) is 22.7 Å². The zero-order chi connectivity index (χ0) is 14.5. The van der Waals surface area contributed by atoms with Crippen LogP contribution >= 0.6 is 27.5 Å². The maximum atomic E-state index is 7.74. The van der Waals surface area contributed by atoms with Crippen molar-refractivity contribution in [3.63, 3.8) is 0 Å². The van der Waals surface area contributed by atoms with Crippen LogP contribution in [0.2, 0.25) is 5.02 Å². The Balaban J connectivity index is 3.04. The molecule has 0 unspecified atom stereocenters. The standard InChI is InChI=1S/C13H18BrClN2O2/c1-3-18-13(12(16)17,19-4-2)8-9-5-6-10(14)11(15)7-9/h5-7H,3-4,8H2,1-2H3,(H3,16,17). The summed E-state index contributed by atoms with van der Waals surface area (Å²) in [4.78, 5) is 0. The lowest BCUT2D eigenvalue weighted by molar-refractivity contribution is -0.184. The van der Waals surface area contributed by atoms with Crippen LogP contribution in [0.3, 0.4) is 0 Å². The van der Waals surface area contributed by atoms with E-state index in [4.69, 9.17) is 32.2 Å². The summed E-state index contributed by atoms with van der Waals surface area (Å²) >= 11 is 9.40. The summed E-state index contributed by atoms with van der Waals surface area (Å²) in [6.45, 7) is 4.49. The van der Waals surface area contributed by atoms with Gasteiger partial charge in [-0.15, -0.1) is 0 Å². The first-order valence-corrected chi connectivity index (χ1v) is 7.18. The van der Waals surface area contributed by atoms with Crippen molar-refractivity contribution in [3.05, 3.63) is 33.3 Å². The summed E-state index contributed by atoms with van der Waals surface area (Å²) in [6, 6.07) is 5.55. The quantitative estimate of drug-likeness (QED) is 0.450. The van der Waals surface area contributed by atoms with E-state index in [2.05, 4.69) is 15.9 Å². The fourth-order valence-corrected chi connectivity index (χ4v) is 2.23. The Bertz CT molecular complexity index is 448. The van der Waals surface area contributed by atoms with Crippen LogP contribution in [-0.4, -0.2) is 24.8 Å². The fraction of sp³-hybridized carbons (Fsp3) is 0.462. The van der Waals surface area contributed by atoms with Gasteiger partial charge in [-0.2, -0.15) is 0 Å². The first-order valence-electron chi connectivity index (χ1n) is 6.01. The molecule has 0 saturated carbocycles. The Labute approximate surface area is 126 Å². The van der Waals surface area contributed by atoms with E-state index in [-0.39, 0.29) is 5.84 Å².